The Hall–Kier alpha value is -8.66. The van der Waals surface area contributed by atoms with Gasteiger partial charge >= 0.3 is 43.8 Å². The Morgan fingerprint density at radius 1 is 0.774 bits per heavy atom. The second kappa shape index (κ2) is 30.6. The largest absolute Gasteiger partial charge is 3.00 e. The molecule has 23 heteroatoms. The van der Waals surface area contributed by atoms with E-state index in [9.17, 15) is 46.1 Å². The molecule has 6 aromatic rings. The molecule has 3 aromatic heterocycles. The zero-order valence-corrected chi connectivity index (χ0v) is 47.4. The summed E-state index contributed by atoms with van der Waals surface area (Å²) in [6.45, 7) is 4.00. The molecule has 3 aromatic carbocycles. The Kier molecular flexibility index (Phi) is 24.1. The quantitative estimate of drug-likeness (QED) is 0.0178. The number of nitrogens with one attached hydrogen (secondary N) is 4. The van der Waals surface area contributed by atoms with Crippen LogP contribution in [0.5, 0.6) is 11.5 Å². The summed E-state index contributed by atoms with van der Waals surface area (Å²) in [7, 11) is 1.38. The minimum Gasteiger partial charge on any atom is -0.697 e. The van der Waals surface area contributed by atoms with Crippen molar-refractivity contribution in [2.75, 3.05) is 18.6 Å². The number of pyridine rings is 2. The summed E-state index contributed by atoms with van der Waals surface area (Å²) in [6, 6.07) is 27.5. The van der Waals surface area contributed by atoms with Gasteiger partial charge in [0, 0.05) is 45.8 Å². The number of halogens is 6. The van der Waals surface area contributed by atoms with Gasteiger partial charge in [0.15, 0.2) is 0 Å². The van der Waals surface area contributed by atoms with E-state index in [1.165, 1.54) is 44.4 Å². The molecule has 0 aliphatic carbocycles. The monoisotopic (exact) mass is 1250 g/mol. The van der Waals surface area contributed by atoms with Crippen molar-refractivity contribution in [1.29, 1.82) is 0 Å². The van der Waals surface area contributed by atoms with Crippen molar-refractivity contribution in [1.82, 2.24) is 9.97 Å². The number of carboxylic acids is 2. The van der Waals surface area contributed by atoms with E-state index in [2.05, 4.69) is 22.2 Å². The molecule has 443 valence electrons. The normalized spacial score (nSPS) is 14.7. The van der Waals surface area contributed by atoms with Crippen molar-refractivity contribution < 1.29 is 79.5 Å². The SMILES string of the molecule is C/C=C(\C=C(/[NH-])c1cc(C(=O)O)cc(C2C=C(c3ccc(N(c4ccccc4)c4ccccc4)o3)C=C[N-]2)n1)C(=O)O.CCCCCCCCOc1cccc(OC)c1-c1cc(/C([NH-])=C/C([NH-])C(F)(F)F)nc(/C([NH-])=C/C(N)C(F)(F)F)c1.[Ru+3]. The van der Waals surface area contributed by atoms with Crippen LogP contribution in [0.3, 0.4) is 0 Å². The van der Waals surface area contributed by atoms with Crippen LogP contribution >= 0.6 is 0 Å². The Morgan fingerprint density at radius 3 is 1.94 bits per heavy atom. The van der Waals surface area contributed by atoms with Gasteiger partial charge in [0.1, 0.15) is 23.3 Å². The van der Waals surface area contributed by atoms with E-state index < -0.39 is 59.5 Å². The number of carbonyl (C=O) groups is 2. The number of anilines is 3. The number of furan rings is 1. The summed E-state index contributed by atoms with van der Waals surface area (Å²) < 4.78 is 95.9. The Balaban J connectivity index is 0.000000304. The summed E-state index contributed by atoms with van der Waals surface area (Å²) in [6.07, 6.45) is 4.70. The predicted molar refractivity (Wildman–Crippen MR) is 309 cm³/mol. The molecule has 0 saturated heterocycles. The zero-order chi connectivity index (χ0) is 60.4. The van der Waals surface area contributed by atoms with Crippen LogP contribution in [0, 0.1) is 0 Å². The zero-order valence-electron chi connectivity index (χ0n) is 45.6. The molecule has 8 N–H and O–H groups in total. The van der Waals surface area contributed by atoms with Crippen LogP contribution in [-0.4, -0.2) is 70.3 Å². The maximum absolute atomic E-state index is 13.0. The number of aliphatic carboxylic acids is 1. The van der Waals surface area contributed by atoms with Crippen LogP contribution < -0.4 is 20.1 Å². The molecule has 0 saturated carbocycles. The van der Waals surface area contributed by atoms with Crippen molar-refractivity contribution >= 4 is 51.9 Å². The maximum atomic E-state index is 13.0. The molecular weight excluding hydrogens is 1190 g/mol. The summed E-state index contributed by atoms with van der Waals surface area (Å²) in [5.41, 5.74) is 37.7. The van der Waals surface area contributed by atoms with Crippen LogP contribution in [0.2, 0.25) is 0 Å². The fourth-order valence-corrected chi connectivity index (χ4v) is 8.24. The molecule has 3 atom stereocenters. The molecule has 84 heavy (non-hydrogen) atoms. The third-order valence-electron chi connectivity index (χ3n) is 12.5. The molecule has 0 bridgehead atoms. The first kappa shape index (κ1) is 66.1. The van der Waals surface area contributed by atoms with Crippen molar-refractivity contribution in [3.8, 4) is 22.6 Å². The maximum Gasteiger partial charge on any atom is 3.00 e. The van der Waals surface area contributed by atoms with Gasteiger partial charge in [0.25, 0.3) is 0 Å². The summed E-state index contributed by atoms with van der Waals surface area (Å²) in [5, 5.41) is 23.5. The van der Waals surface area contributed by atoms with Gasteiger partial charge in [-0.2, -0.15) is 32.5 Å². The number of ether oxygens (including phenoxy) is 2. The van der Waals surface area contributed by atoms with Gasteiger partial charge in [0.05, 0.1) is 30.4 Å². The molecule has 16 nitrogen and oxygen atoms in total. The van der Waals surface area contributed by atoms with Crippen LogP contribution in [0.4, 0.5) is 43.6 Å². The number of hydrogen-bond donors (Lipinski definition) is 3. The van der Waals surface area contributed by atoms with E-state index in [0.29, 0.717) is 47.4 Å². The van der Waals surface area contributed by atoms with Gasteiger partial charge in [-0.05, 0) is 91.7 Å². The van der Waals surface area contributed by atoms with Crippen LogP contribution in [0.25, 0.3) is 62.0 Å². The number of methoxy groups -OCH3 is 1. The second-order valence-electron chi connectivity index (χ2n) is 18.6. The predicted octanol–water partition coefficient (Wildman–Crippen LogP) is 17.4. The number of aromatic nitrogens is 2. The molecule has 0 fully saturated rings. The molecule has 3 unspecified atom stereocenters. The van der Waals surface area contributed by atoms with Crippen molar-refractivity contribution in [3.63, 3.8) is 0 Å². The van der Waals surface area contributed by atoms with Gasteiger partial charge in [-0.1, -0.05) is 118 Å². The number of nitrogens with zero attached hydrogens (tertiary/aromatic N) is 4. The van der Waals surface area contributed by atoms with Gasteiger partial charge in [-0.25, -0.2) is 9.59 Å². The fourth-order valence-electron chi connectivity index (χ4n) is 8.24. The number of benzene rings is 3. The number of unbranched alkanes of at least 4 members (excludes halogenated alkanes) is 5. The van der Waals surface area contributed by atoms with Gasteiger partial charge in [-0.15, -0.1) is 23.2 Å². The molecule has 0 spiro atoms. The molecule has 7 rings (SSSR count). The average Bonchev–Trinajstić information content (AvgIpc) is 4.07. The topological polar surface area (TPSA) is 271 Å². The third-order valence-corrected chi connectivity index (χ3v) is 12.5. The third kappa shape index (κ3) is 18.2. The van der Waals surface area contributed by atoms with Crippen molar-refractivity contribution in [3.05, 3.63) is 226 Å². The minimum absolute atomic E-state index is 0. The van der Waals surface area contributed by atoms with E-state index in [1.54, 1.807) is 36.6 Å². The van der Waals surface area contributed by atoms with Crippen molar-refractivity contribution in [2.24, 2.45) is 5.73 Å². The number of hydrogen-bond acceptors (Lipinski definition) is 9. The average molecular weight is 1250 g/mol. The Labute approximate surface area is 494 Å². The summed E-state index contributed by atoms with van der Waals surface area (Å²) in [4.78, 5) is 33.7. The summed E-state index contributed by atoms with van der Waals surface area (Å²) in [5.74, 6) is -0.620. The Bertz CT molecular complexity index is 3290. The second-order valence-corrected chi connectivity index (χ2v) is 18.6. The molecule has 1 aliphatic heterocycles. The smallest absolute Gasteiger partial charge is 0.697 e. The van der Waals surface area contributed by atoms with E-state index >= 15 is 0 Å². The van der Waals surface area contributed by atoms with Crippen LogP contribution in [0.1, 0.15) is 97.3 Å². The Morgan fingerprint density at radius 2 is 1.37 bits per heavy atom. The van der Waals surface area contributed by atoms with E-state index in [1.807, 2.05) is 77.7 Å². The fraction of sp³-hybridized carbons (Fsp3) is 0.246. The number of para-hydroxylation sites is 2. The summed E-state index contributed by atoms with van der Waals surface area (Å²) >= 11 is 0. The van der Waals surface area contributed by atoms with Gasteiger partial charge < -0.3 is 58.1 Å². The first-order valence-electron chi connectivity index (χ1n) is 26.0. The van der Waals surface area contributed by atoms with E-state index in [0.717, 1.165) is 61.5 Å². The number of nitrogens with two attached hydrogens (primary N) is 1. The van der Waals surface area contributed by atoms with Gasteiger partial charge in [0.2, 0.25) is 5.88 Å². The van der Waals surface area contributed by atoms with Crippen molar-refractivity contribution in [2.45, 2.75) is 82.9 Å². The first-order chi connectivity index (χ1) is 39.5. The first-order valence-corrected chi connectivity index (χ1v) is 26.0. The number of aromatic carboxylic acids is 1. The van der Waals surface area contributed by atoms with Crippen LogP contribution in [0.15, 0.2) is 168 Å². The molecule has 1 aliphatic rings. The van der Waals surface area contributed by atoms with E-state index in [4.69, 9.17) is 42.6 Å². The number of alkyl halides is 6. The molecule has 1 radical (unpaired) electrons. The van der Waals surface area contributed by atoms with E-state index in [-0.39, 0.29) is 59.0 Å². The molecular formula is C61H60F6N9O7Ru-2. The molecule has 4 heterocycles. The van der Waals surface area contributed by atoms with Gasteiger partial charge in [-0.3, -0.25) is 14.9 Å². The molecule has 0 amide bonds. The standard InChI is InChI=1S/C33H26N4O5.C28H34F6N5O2.Ru/c1-2-21(32(38)39)17-26(34)27-19-23(33(40)41)20-29(36-27)28-18-22(15-16-35-28)30-13-14-31(42-30)37(24-9-5-3-6-10-24)25-11-7-4-8-12-25;1-3-4-5-6-7-8-12-41-23-11-9-10-22(40-2)26(23)17-13-20(18(35)15-24(37)27(29,30)31)39-21(14-17)19(36)16-25(38)28(32,33)34;/h2-20,28,34H,1H3,(H,38,39)(H,40,41);9-11,13-16,24-25,35-37H,3-8,12,38H2,1-2H3;/q-2;-3;+3/b21-2+,26-17-;18-15-,19-16-;. The van der Waals surface area contributed by atoms with Crippen LogP contribution in [-0.2, 0) is 24.3 Å². The number of rotatable bonds is 23. The minimum atomic E-state index is -4.95. The number of allylic oxidation sites excluding steroid dienone is 3. The number of carboxylic acid groups (broad SMARTS) is 2.